The highest BCUT2D eigenvalue weighted by Crippen LogP contribution is 2.44. The van der Waals surface area contributed by atoms with Gasteiger partial charge in [0.15, 0.2) is 5.13 Å². The monoisotopic (exact) mass is 374 g/mol. The Morgan fingerprint density at radius 2 is 2.31 bits per heavy atom. The molecule has 2 saturated heterocycles. The molecule has 2 N–H and O–H groups in total. The van der Waals surface area contributed by atoms with Crippen LogP contribution in [0.4, 0.5) is 9.52 Å². The van der Waals surface area contributed by atoms with Crippen molar-refractivity contribution in [2.24, 2.45) is 11.8 Å². The predicted molar refractivity (Wildman–Crippen MR) is 101 cm³/mol. The number of carbonyl (C=O) groups is 1. The molecule has 138 valence electrons. The SMILES string of the molecule is CCNc1nc(C)c(C(=O)N2C[C@@H]3CNC[C@@H]3[C@H]2c2cccc(F)c2)s1. The van der Waals surface area contributed by atoms with Crippen molar-refractivity contribution in [3.05, 3.63) is 46.2 Å². The van der Waals surface area contributed by atoms with Crippen LogP contribution in [0.5, 0.6) is 0 Å². The summed E-state index contributed by atoms with van der Waals surface area (Å²) >= 11 is 1.40. The molecule has 0 spiro atoms. The number of aryl methyl sites for hydroxylation is 1. The van der Waals surface area contributed by atoms with Gasteiger partial charge in [-0.3, -0.25) is 4.79 Å². The number of aromatic nitrogens is 1. The standard InChI is InChI=1S/C19H23FN4OS/c1-3-22-19-23-11(2)17(26-19)18(25)24-10-13-8-21-9-15(13)16(24)12-5-4-6-14(20)7-12/h4-7,13,15-16,21H,3,8-10H2,1-2H3,(H,22,23)/t13-,15-,16+/m0/s1. The van der Waals surface area contributed by atoms with Crippen LogP contribution >= 0.6 is 11.3 Å². The van der Waals surface area contributed by atoms with Crippen molar-refractivity contribution in [2.45, 2.75) is 19.9 Å². The maximum absolute atomic E-state index is 13.8. The molecular weight excluding hydrogens is 351 g/mol. The molecule has 2 aliphatic heterocycles. The lowest BCUT2D eigenvalue weighted by Crippen LogP contribution is -2.34. The van der Waals surface area contributed by atoms with Crippen LogP contribution in [0, 0.1) is 24.6 Å². The number of likely N-dealkylation sites (tertiary alicyclic amines) is 1. The summed E-state index contributed by atoms with van der Waals surface area (Å²) in [7, 11) is 0. The maximum atomic E-state index is 13.8. The normalized spacial score (nSPS) is 24.7. The third-order valence-corrected chi connectivity index (χ3v) is 6.44. The van der Waals surface area contributed by atoms with Crippen LogP contribution in [0.2, 0.25) is 0 Å². The van der Waals surface area contributed by atoms with Crippen LogP contribution in [0.3, 0.4) is 0 Å². The van der Waals surface area contributed by atoms with Crippen LogP contribution in [0.25, 0.3) is 0 Å². The van der Waals surface area contributed by atoms with E-state index in [4.69, 9.17) is 0 Å². The smallest absolute Gasteiger partial charge is 0.266 e. The number of anilines is 1. The number of halogens is 1. The summed E-state index contributed by atoms with van der Waals surface area (Å²) in [5.41, 5.74) is 1.63. The number of benzene rings is 1. The summed E-state index contributed by atoms with van der Waals surface area (Å²) < 4.78 is 13.8. The number of nitrogens with zero attached hydrogens (tertiary/aromatic N) is 2. The molecule has 1 amide bonds. The highest BCUT2D eigenvalue weighted by Gasteiger charge is 2.47. The van der Waals surface area contributed by atoms with Crippen LogP contribution in [0.1, 0.15) is 33.9 Å². The molecule has 5 nitrogen and oxygen atoms in total. The van der Waals surface area contributed by atoms with Gasteiger partial charge in [0, 0.05) is 32.1 Å². The average molecular weight is 374 g/mol. The van der Waals surface area contributed by atoms with Gasteiger partial charge in [-0.25, -0.2) is 9.37 Å². The summed E-state index contributed by atoms with van der Waals surface area (Å²) in [6.07, 6.45) is 0. The van der Waals surface area contributed by atoms with Crippen molar-refractivity contribution >= 4 is 22.4 Å². The number of hydrogen-bond acceptors (Lipinski definition) is 5. The van der Waals surface area contributed by atoms with Crippen molar-refractivity contribution in [3.63, 3.8) is 0 Å². The number of thiazole rings is 1. The van der Waals surface area contributed by atoms with Crippen LogP contribution in [0.15, 0.2) is 24.3 Å². The second-order valence-corrected chi connectivity index (χ2v) is 8.00. The molecule has 26 heavy (non-hydrogen) atoms. The Hall–Kier alpha value is -1.99. The Balaban J connectivity index is 1.68. The van der Waals surface area contributed by atoms with Gasteiger partial charge in [-0.2, -0.15) is 0 Å². The van der Waals surface area contributed by atoms with Crippen LogP contribution in [-0.2, 0) is 0 Å². The molecule has 3 atom stereocenters. The van der Waals surface area contributed by atoms with Gasteiger partial charge >= 0.3 is 0 Å². The number of carbonyl (C=O) groups excluding carboxylic acids is 1. The fourth-order valence-corrected chi connectivity index (χ4v) is 5.19. The first-order chi connectivity index (χ1) is 12.6. The second kappa shape index (κ2) is 6.96. The molecular formula is C19H23FN4OS. The van der Waals surface area contributed by atoms with E-state index in [2.05, 4.69) is 15.6 Å². The van der Waals surface area contributed by atoms with Gasteiger partial charge in [-0.05, 0) is 37.5 Å². The van der Waals surface area contributed by atoms with Crippen molar-refractivity contribution in [3.8, 4) is 0 Å². The number of rotatable bonds is 4. The molecule has 0 radical (unpaired) electrons. The third kappa shape index (κ3) is 2.99. The lowest BCUT2D eigenvalue weighted by molar-refractivity contribution is 0.0717. The summed E-state index contributed by atoms with van der Waals surface area (Å²) in [6, 6.07) is 6.57. The topological polar surface area (TPSA) is 57.3 Å². The molecule has 1 aromatic heterocycles. The predicted octanol–water partition coefficient (Wildman–Crippen LogP) is 3.06. The number of fused-ring (bicyclic) bond motifs is 1. The highest BCUT2D eigenvalue weighted by atomic mass is 32.1. The number of amides is 1. The minimum absolute atomic E-state index is 0.00724. The van der Waals surface area contributed by atoms with E-state index in [1.807, 2.05) is 24.8 Å². The van der Waals surface area contributed by atoms with E-state index in [-0.39, 0.29) is 17.8 Å². The lowest BCUT2D eigenvalue weighted by Gasteiger charge is -2.28. The Kier molecular flexibility index (Phi) is 4.67. The minimum Gasteiger partial charge on any atom is -0.362 e. The van der Waals surface area contributed by atoms with Crippen molar-refractivity contribution in [1.29, 1.82) is 0 Å². The van der Waals surface area contributed by atoms with Crippen molar-refractivity contribution in [1.82, 2.24) is 15.2 Å². The molecule has 1 aromatic carbocycles. The van der Waals surface area contributed by atoms with E-state index in [0.29, 0.717) is 23.3 Å². The number of hydrogen-bond donors (Lipinski definition) is 2. The van der Waals surface area contributed by atoms with Crippen molar-refractivity contribution in [2.75, 3.05) is 31.5 Å². The fraction of sp³-hybridized carbons (Fsp3) is 0.474. The van der Waals surface area contributed by atoms with Crippen molar-refractivity contribution < 1.29 is 9.18 Å². The minimum atomic E-state index is -0.257. The highest BCUT2D eigenvalue weighted by molar-refractivity contribution is 7.17. The van der Waals surface area contributed by atoms with E-state index in [1.165, 1.54) is 17.4 Å². The molecule has 7 heteroatoms. The molecule has 0 aliphatic carbocycles. The lowest BCUT2D eigenvalue weighted by atomic mass is 9.89. The van der Waals surface area contributed by atoms with Gasteiger partial charge in [0.2, 0.25) is 0 Å². The van der Waals surface area contributed by atoms with Crippen LogP contribution in [-0.4, -0.2) is 42.0 Å². The summed E-state index contributed by atoms with van der Waals surface area (Å²) in [5, 5.41) is 7.37. The Labute approximate surface area is 156 Å². The molecule has 2 aliphatic rings. The zero-order chi connectivity index (χ0) is 18.3. The first-order valence-electron chi connectivity index (χ1n) is 9.07. The fourth-order valence-electron chi connectivity index (χ4n) is 4.20. The maximum Gasteiger partial charge on any atom is 0.266 e. The molecule has 2 aromatic rings. The largest absolute Gasteiger partial charge is 0.362 e. The van der Waals surface area contributed by atoms with E-state index >= 15 is 0 Å². The Bertz CT molecular complexity index is 824. The molecule has 0 saturated carbocycles. The van der Waals surface area contributed by atoms with Gasteiger partial charge in [0.1, 0.15) is 10.7 Å². The summed E-state index contributed by atoms with van der Waals surface area (Å²) in [6.45, 7) is 7.12. The average Bonchev–Trinajstić information content (AvgIpc) is 3.28. The zero-order valence-corrected chi connectivity index (χ0v) is 15.8. The quantitative estimate of drug-likeness (QED) is 0.864. The van der Waals surface area contributed by atoms with Gasteiger partial charge < -0.3 is 15.5 Å². The summed E-state index contributed by atoms with van der Waals surface area (Å²) in [4.78, 5) is 20.4. The Morgan fingerprint density at radius 1 is 1.46 bits per heavy atom. The number of nitrogens with one attached hydrogen (secondary N) is 2. The Morgan fingerprint density at radius 3 is 3.08 bits per heavy atom. The van der Waals surface area contributed by atoms with Gasteiger partial charge in [-0.1, -0.05) is 23.5 Å². The van der Waals surface area contributed by atoms with E-state index in [0.717, 1.165) is 36.0 Å². The molecule has 0 bridgehead atoms. The van der Waals surface area contributed by atoms with E-state index < -0.39 is 0 Å². The van der Waals surface area contributed by atoms with Gasteiger partial charge in [0.05, 0.1) is 11.7 Å². The summed E-state index contributed by atoms with van der Waals surface area (Å²) in [5.74, 6) is 0.483. The zero-order valence-electron chi connectivity index (χ0n) is 15.0. The molecule has 2 fully saturated rings. The molecule has 0 unspecified atom stereocenters. The van der Waals surface area contributed by atoms with Gasteiger partial charge in [-0.15, -0.1) is 0 Å². The molecule has 4 rings (SSSR count). The van der Waals surface area contributed by atoms with E-state index in [9.17, 15) is 9.18 Å². The molecule has 3 heterocycles. The van der Waals surface area contributed by atoms with Crippen LogP contribution < -0.4 is 10.6 Å². The first kappa shape index (κ1) is 17.4. The second-order valence-electron chi connectivity index (χ2n) is 7.00. The van der Waals surface area contributed by atoms with E-state index in [1.54, 1.807) is 12.1 Å². The first-order valence-corrected chi connectivity index (χ1v) is 9.88. The van der Waals surface area contributed by atoms with Gasteiger partial charge in [0.25, 0.3) is 5.91 Å². The third-order valence-electron chi connectivity index (χ3n) is 5.33.